The van der Waals surface area contributed by atoms with Gasteiger partial charge in [-0.2, -0.15) is 5.10 Å². The van der Waals surface area contributed by atoms with Crippen LogP contribution in [-0.4, -0.2) is 30.7 Å². The first-order valence-corrected chi connectivity index (χ1v) is 14.9. The first kappa shape index (κ1) is 32.7. The largest absolute Gasteiger partial charge is 0.489 e. The van der Waals surface area contributed by atoms with Crippen LogP contribution in [0.4, 0.5) is 0 Å². The Morgan fingerprint density at radius 2 is 1.19 bits per heavy atom. The molecule has 5 aromatic carbocycles. The summed E-state index contributed by atoms with van der Waals surface area (Å²) >= 11 is 11.8. The van der Waals surface area contributed by atoms with Gasteiger partial charge in [-0.1, -0.05) is 53.5 Å². The summed E-state index contributed by atoms with van der Waals surface area (Å²) in [6, 6.07) is 33.3. The fraction of sp³-hybridized carbons (Fsp3) is 0.0556. The molecular formula is C36H26Cl2N2O7. The number of carbonyl (C=O) groups is 3. The number of nitrogens with zero attached hydrogens (tertiary/aromatic N) is 1. The van der Waals surface area contributed by atoms with E-state index in [4.69, 9.17) is 42.1 Å². The van der Waals surface area contributed by atoms with E-state index in [2.05, 4.69) is 10.5 Å². The van der Waals surface area contributed by atoms with Crippen molar-refractivity contribution in [3.8, 4) is 23.0 Å². The van der Waals surface area contributed by atoms with Crippen molar-refractivity contribution >= 4 is 47.3 Å². The molecule has 11 heteroatoms. The van der Waals surface area contributed by atoms with E-state index in [1.807, 2.05) is 30.3 Å². The van der Waals surface area contributed by atoms with Crippen LogP contribution in [0.5, 0.6) is 23.0 Å². The van der Waals surface area contributed by atoms with Crippen molar-refractivity contribution in [2.75, 3.05) is 6.61 Å². The van der Waals surface area contributed by atoms with E-state index < -0.39 is 17.8 Å². The Balaban J connectivity index is 1.20. The normalized spacial score (nSPS) is 10.7. The van der Waals surface area contributed by atoms with Gasteiger partial charge in [-0.3, -0.25) is 4.79 Å². The average Bonchev–Trinajstić information content (AvgIpc) is 3.09. The van der Waals surface area contributed by atoms with Crippen LogP contribution in [0, 0.1) is 0 Å². The van der Waals surface area contributed by atoms with Crippen molar-refractivity contribution in [3.63, 3.8) is 0 Å². The van der Waals surface area contributed by atoms with Crippen LogP contribution in [0.1, 0.15) is 31.8 Å². The maximum absolute atomic E-state index is 12.9. The van der Waals surface area contributed by atoms with Gasteiger partial charge < -0.3 is 18.9 Å². The number of hydrogen-bond donors (Lipinski definition) is 1. The zero-order valence-corrected chi connectivity index (χ0v) is 26.1. The summed E-state index contributed by atoms with van der Waals surface area (Å²) in [4.78, 5) is 37.9. The van der Waals surface area contributed by atoms with E-state index >= 15 is 0 Å². The molecule has 1 amide bonds. The molecule has 0 aliphatic carbocycles. The highest BCUT2D eigenvalue weighted by atomic mass is 35.5. The average molecular weight is 670 g/mol. The molecule has 0 saturated heterocycles. The van der Waals surface area contributed by atoms with E-state index in [0.29, 0.717) is 33.7 Å². The fourth-order valence-corrected chi connectivity index (χ4v) is 4.25. The minimum atomic E-state index is -0.689. The molecule has 0 heterocycles. The van der Waals surface area contributed by atoms with Crippen molar-refractivity contribution in [2.24, 2.45) is 5.10 Å². The molecule has 0 radical (unpaired) electrons. The number of rotatable bonds is 12. The predicted molar refractivity (Wildman–Crippen MR) is 178 cm³/mol. The van der Waals surface area contributed by atoms with Crippen LogP contribution in [-0.2, 0) is 11.4 Å². The van der Waals surface area contributed by atoms with E-state index in [1.165, 1.54) is 48.7 Å². The summed E-state index contributed by atoms with van der Waals surface area (Å²) in [5.74, 6) is -0.597. The lowest BCUT2D eigenvalue weighted by Crippen LogP contribution is -2.24. The third-order valence-corrected chi connectivity index (χ3v) is 6.90. The molecule has 0 atom stereocenters. The summed E-state index contributed by atoms with van der Waals surface area (Å²) in [5, 5.41) is 4.89. The van der Waals surface area contributed by atoms with Crippen molar-refractivity contribution in [3.05, 3.63) is 154 Å². The Labute approximate surface area is 280 Å². The number of hydrazone groups is 1. The number of carbonyl (C=O) groups excluding carboxylic acids is 3. The molecule has 0 fully saturated rings. The van der Waals surface area contributed by atoms with Crippen LogP contribution in [0.2, 0.25) is 10.0 Å². The van der Waals surface area contributed by atoms with Gasteiger partial charge in [0.25, 0.3) is 5.91 Å². The smallest absolute Gasteiger partial charge is 0.343 e. The zero-order valence-electron chi connectivity index (χ0n) is 24.6. The van der Waals surface area contributed by atoms with E-state index in [-0.39, 0.29) is 29.2 Å². The summed E-state index contributed by atoms with van der Waals surface area (Å²) in [6.45, 7) is 0.125. The van der Waals surface area contributed by atoms with Crippen molar-refractivity contribution < 1.29 is 33.3 Å². The van der Waals surface area contributed by atoms with Gasteiger partial charge in [-0.05, 0) is 90.5 Å². The zero-order chi connectivity index (χ0) is 33.0. The number of benzene rings is 5. The Bertz CT molecular complexity index is 1860. The van der Waals surface area contributed by atoms with Crippen LogP contribution in [0.25, 0.3) is 0 Å². The summed E-state index contributed by atoms with van der Waals surface area (Å²) < 4.78 is 22.4. The Morgan fingerprint density at radius 3 is 1.81 bits per heavy atom. The van der Waals surface area contributed by atoms with Gasteiger partial charge in [0, 0.05) is 21.7 Å². The summed E-state index contributed by atoms with van der Waals surface area (Å²) in [5.41, 5.74) is 4.24. The predicted octanol–water partition coefficient (Wildman–Crippen LogP) is 7.54. The Kier molecular flexibility index (Phi) is 11.2. The van der Waals surface area contributed by atoms with Crippen molar-refractivity contribution in [2.45, 2.75) is 6.61 Å². The molecule has 5 aromatic rings. The molecule has 0 spiro atoms. The fourth-order valence-electron chi connectivity index (χ4n) is 4.00. The Morgan fingerprint density at radius 1 is 0.638 bits per heavy atom. The number of ether oxygens (including phenoxy) is 4. The quantitative estimate of drug-likeness (QED) is 0.0632. The second kappa shape index (κ2) is 16.1. The Hall–Kier alpha value is -5.64. The van der Waals surface area contributed by atoms with Gasteiger partial charge >= 0.3 is 11.9 Å². The third kappa shape index (κ3) is 9.92. The monoisotopic (exact) mass is 668 g/mol. The molecule has 5 rings (SSSR count). The molecule has 0 bridgehead atoms. The maximum atomic E-state index is 12.9. The molecule has 47 heavy (non-hydrogen) atoms. The number of nitrogens with one attached hydrogen (secondary N) is 1. The van der Waals surface area contributed by atoms with Crippen LogP contribution in [0.3, 0.4) is 0 Å². The second-order valence-corrected chi connectivity index (χ2v) is 10.7. The van der Waals surface area contributed by atoms with E-state index in [0.717, 1.165) is 5.56 Å². The highest BCUT2D eigenvalue weighted by Crippen LogP contribution is 2.26. The number of esters is 2. The molecule has 0 unspecified atom stereocenters. The number of halogens is 2. The van der Waals surface area contributed by atoms with Gasteiger partial charge in [0.1, 0.15) is 29.6 Å². The molecule has 0 aliphatic heterocycles. The standard InChI is InChI=1S/C36H26Cl2N2O7/c37-28-11-6-25(7-12-28)35(42)46-32-15-10-27(33(20-32)47-36(43)26-8-13-29(38)14-9-26)21-39-40-34(41)23-45-31-18-16-30(17-19-31)44-22-24-4-2-1-3-5-24/h1-21H,22-23H2,(H,40,41)/b39-21+. The number of amides is 1. The van der Waals surface area contributed by atoms with Gasteiger partial charge in [0.15, 0.2) is 6.61 Å². The first-order valence-electron chi connectivity index (χ1n) is 14.1. The lowest BCUT2D eigenvalue weighted by molar-refractivity contribution is -0.123. The van der Waals surface area contributed by atoms with Gasteiger partial charge in [-0.25, -0.2) is 15.0 Å². The van der Waals surface area contributed by atoms with Gasteiger partial charge in [0.2, 0.25) is 0 Å². The maximum Gasteiger partial charge on any atom is 0.343 e. The molecule has 0 aliphatic rings. The molecule has 0 saturated carbocycles. The number of hydrogen-bond acceptors (Lipinski definition) is 8. The topological polar surface area (TPSA) is 113 Å². The molecule has 0 aromatic heterocycles. The minimum Gasteiger partial charge on any atom is -0.489 e. The van der Waals surface area contributed by atoms with Crippen molar-refractivity contribution in [1.29, 1.82) is 0 Å². The van der Waals surface area contributed by atoms with Crippen molar-refractivity contribution in [1.82, 2.24) is 5.43 Å². The molecule has 236 valence electrons. The molecule has 1 N–H and O–H groups in total. The lowest BCUT2D eigenvalue weighted by Gasteiger charge is -2.11. The molecule has 9 nitrogen and oxygen atoms in total. The van der Waals surface area contributed by atoms with E-state index in [1.54, 1.807) is 48.5 Å². The third-order valence-electron chi connectivity index (χ3n) is 6.39. The second-order valence-electron chi connectivity index (χ2n) is 9.82. The lowest BCUT2D eigenvalue weighted by atomic mass is 10.2. The van der Waals surface area contributed by atoms with Crippen LogP contribution >= 0.6 is 23.2 Å². The van der Waals surface area contributed by atoms with Gasteiger partial charge in [0.05, 0.1) is 17.3 Å². The highest BCUT2D eigenvalue weighted by molar-refractivity contribution is 6.31. The summed E-state index contributed by atoms with van der Waals surface area (Å²) in [6.07, 6.45) is 1.28. The van der Waals surface area contributed by atoms with Crippen LogP contribution < -0.4 is 24.4 Å². The van der Waals surface area contributed by atoms with Crippen LogP contribution in [0.15, 0.2) is 126 Å². The first-order chi connectivity index (χ1) is 22.8. The van der Waals surface area contributed by atoms with Gasteiger partial charge in [-0.15, -0.1) is 0 Å². The summed E-state index contributed by atoms with van der Waals surface area (Å²) in [7, 11) is 0. The SMILES string of the molecule is O=C(COc1ccc(OCc2ccccc2)cc1)N/N=C/c1ccc(OC(=O)c2ccc(Cl)cc2)cc1OC(=O)c1ccc(Cl)cc1. The molecular weight excluding hydrogens is 643 g/mol. The minimum absolute atomic E-state index is 0.0233. The highest BCUT2D eigenvalue weighted by Gasteiger charge is 2.15. The van der Waals surface area contributed by atoms with E-state index in [9.17, 15) is 14.4 Å².